The molecule has 1 heterocycles. The number of hydrogen-bond donors (Lipinski definition) is 1. The summed E-state index contributed by atoms with van der Waals surface area (Å²) in [5, 5.41) is 5.47. The Kier molecular flexibility index (Phi) is 4.74. The molecule has 3 nitrogen and oxygen atoms in total. The number of nitrogens with zero attached hydrogens (tertiary/aromatic N) is 1. The van der Waals surface area contributed by atoms with Crippen molar-refractivity contribution in [2.75, 3.05) is 5.32 Å². The lowest BCUT2D eigenvalue weighted by molar-refractivity contribution is -0.115. The molecule has 0 aliphatic heterocycles. The van der Waals surface area contributed by atoms with E-state index in [4.69, 9.17) is 11.6 Å². The first-order valence-electron chi connectivity index (χ1n) is 5.22. The number of alkyl halides is 1. The topological polar surface area (TPSA) is 42.0 Å². The quantitative estimate of drug-likeness (QED) is 0.856. The molecule has 18 heavy (non-hydrogen) atoms. The van der Waals surface area contributed by atoms with Crippen molar-refractivity contribution in [3.05, 3.63) is 44.8 Å². The average molecular weight is 346 g/mol. The molecule has 0 saturated heterocycles. The molecule has 1 aromatic heterocycles. The summed E-state index contributed by atoms with van der Waals surface area (Å²) in [7, 11) is 0. The van der Waals surface area contributed by atoms with Gasteiger partial charge in [0, 0.05) is 15.5 Å². The lowest BCUT2D eigenvalue weighted by Crippen LogP contribution is -2.14. The molecule has 0 radical (unpaired) electrons. The van der Waals surface area contributed by atoms with E-state index in [1.807, 2.05) is 29.6 Å². The number of anilines is 1. The summed E-state index contributed by atoms with van der Waals surface area (Å²) < 4.78 is 0.930. The summed E-state index contributed by atoms with van der Waals surface area (Å²) in [5.41, 5.74) is 1.58. The highest BCUT2D eigenvalue weighted by Gasteiger charge is 2.08. The fraction of sp³-hybridized carbons (Fsp3) is 0.167. The standard InChI is InChI=1S/C12H10BrClN2OS/c13-8-2-1-3-9(4-8)15-11(17)5-12-16-10(6-14)7-18-12/h1-4,7H,5-6H2,(H,15,17). The van der Waals surface area contributed by atoms with Crippen molar-refractivity contribution in [3.63, 3.8) is 0 Å². The maximum Gasteiger partial charge on any atom is 0.231 e. The van der Waals surface area contributed by atoms with Gasteiger partial charge in [0.25, 0.3) is 0 Å². The average Bonchev–Trinajstić information content (AvgIpc) is 2.76. The van der Waals surface area contributed by atoms with Crippen molar-refractivity contribution in [1.82, 2.24) is 4.98 Å². The van der Waals surface area contributed by atoms with Crippen LogP contribution in [0.1, 0.15) is 10.7 Å². The van der Waals surface area contributed by atoms with Gasteiger partial charge in [-0.05, 0) is 18.2 Å². The van der Waals surface area contributed by atoms with Crippen LogP contribution in [0, 0.1) is 0 Å². The molecule has 94 valence electrons. The SMILES string of the molecule is O=C(Cc1nc(CCl)cs1)Nc1cccc(Br)c1. The van der Waals surface area contributed by atoms with Gasteiger partial charge in [-0.3, -0.25) is 4.79 Å². The van der Waals surface area contributed by atoms with Gasteiger partial charge in [-0.15, -0.1) is 22.9 Å². The zero-order chi connectivity index (χ0) is 13.0. The van der Waals surface area contributed by atoms with Crippen LogP contribution >= 0.6 is 38.9 Å². The fourth-order valence-corrected chi connectivity index (χ4v) is 2.82. The van der Waals surface area contributed by atoms with Gasteiger partial charge >= 0.3 is 0 Å². The molecule has 2 rings (SSSR count). The van der Waals surface area contributed by atoms with Crippen molar-refractivity contribution in [2.24, 2.45) is 0 Å². The summed E-state index contributed by atoms with van der Waals surface area (Å²) >= 11 is 10.5. The first-order valence-corrected chi connectivity index (χ1v) is 7.43. The van der Waals surface area contributed by atoms with Crippen LogP contribution < -0.4 is 5.32 Å². The Morgan fingerprint density at radius 2 is 2.33 bits per heavy atom. The summed E-state index contributed by atoms with van der Waals surface area (Å²) in [4.78, 5) is 16.0. The van der Waals surface area contributed by atoms with Crippen molar-refractivity contribution < 1.29 is 4.79 Å². The zero-order valence-electron chi connectivity index (χ0n) is 9.32. The fourth-order valence-electron chi connectivity index (χ4n) is 1.40. The maximum absolute atomic E-state index is 11.8. The Bertz CT molecular complexity index is 559. The zero-order valence-corrected chi connectivity index (χ0v) is 12.5. The first-order chi connectivity index (χ1) is 8.67. The Morgan fingerprint density at radius 3 is 3.00 bits per heavy atom. The van der Waals surface area contributed by atoms with Crippen molar-refractivity contribution >= 4 is 50.5 Å². The summed E-state index contributed by atoms with van der Waals surface area (Å²) in [5.74, 6) is 0.299. The predicted molar refractivity (Wildman–Crippen MR) is 78.1 cm³/mol. The number of hydrogen-bond acceptors (Lipinski definition) is 3. The number of thiazole rings is 1. The second kappa shape index (κ2) is 6.31. The van der Waals surface area contributed by atoms with Crippen molar-refractivity contribution in [2.45, 2.75) is 12.3 Å². The van der Waals surface area contributed by atoms with Gasteiger partial charge in [0.05, 0.1) is 18.0 Å². The molecule has 1 amide bonds. The van der Waals surface area contributed by atoms with Crippen LogP contribution in [0.3, 0.4) is 0 Å². The maximum atomic E-state index is 11.8. The van der Waals surface area contributed by atoms with Crippen LogP contribution in [0.4, 0.5) is 5.69 Å². The molecule has 0 aliphatic rings. The van der Waals surface area contributed by atoms with Gasteiger partial charge in [0.15, 0.2) is 0 Å². The van der Waals surface area contributed by atoms with E-state index in [2.05, 4.69) is 26.2 Å². The number of carbonyl (C=O) groups is 1. The van der Waals surface area contributed by atoms with E-state index in [-0.39, 0.29) is 12.3 Å². The number of halogens is 2. The van der Waals surface area contributed by atoms with Gasteiger partial charge in [-0.25, -0.2) is 4.98 Å². The monoisotopic (exact) mass is 344 g/mol. The van der Waals surface area contributed by atoms with E-state index in [1.165, 1.54) is 11.3 Å². The van der Waals surface area contributed by atoms with Crippen LogP contribution in [0.5, 0.6) is 0 Å². The molecule has 1 N–H and O–H groups in total. The van der Waals surface area contributed by atoms with Crippen molar-refractivity contribution in [1.29, 1.82) is 0 Å². The molecular weight excluding hydrogens is 336 g/mol. The second-order valence-electron chi connectivity index (χ2n) is 3.60. The smallest absolute Gasteiger partial charge is 0.231 e. The molecular formula is C12H10BrClN2OS. The van der Waals surface area contributed by atoms with E-state index in [0.29, 0.717) is 5.88 Å². The number of benzene rings is 1. The highest BCUT2D eigenvalue weighted by Crippen LogP contribution is 2.17. The molecule has 0 unspecified atom stereocenters. The molecule has 0 fully saturated rings. The lowest BCUT2D eigenvalue weighted by Gasteiger charge is -2.03. The number of aromatic nitrogens is 1. The van der Waals surface area contributed by atoms with E-state index in [9.17, 15) is 4.79 Å². The van der Waals surface area contributed by atoms with Crippen LogP contribution in [0.2, 0.25) is 0 Å². The van der Waals surface area contributed by atoms with Crippen LogP contribution in [-0.2, 0) is 17.1 Å². The largest absolute Gasteiger partial charge is 0.326 e. The minimum Gasteiger partial charge on any atom is -0.326 e. The number of carbonyl (C=O) groups excluding carboxylic acids is 1. The van der Waals surface area contributed by atoms with Gasteiger partial charge in [0.2, 0.25) is 5.91 Å². The van der Waals surface area contributed by atoms with Gasteiger partial charge in [-0.2, -0.15) is 0 Å². The lowest BCUT2D eigenvalue weighted by atomic mass is 10.3. The molecule has 0 saturated carbocycles. The predicted octanol–water partition coefficient (Wildman–Crippen LogP) is 3.83. The van der Waals surface area contributed by atoms with E-state index in [1.54, 1.807) is 0 Å². The molecule has 0 spiro atoms. The molecule has 0 aliphatic carbocycles. The van der Waals surface area contributed by atoms with E-state index < -0.39 is 0 Å². The third-order valence-corrected chi connectivity index (χ3v) is 3.82. The Labute approximate surface area is 122 Å². The highest BCUT2D eigenvalue weighted by atomic mass is 79.9. The van der Waals surface area contributed by atoms with E-state index >= 15 is 0 Å². The normalized spacial score (nSPS) is 10.3. The van der Waals surface area contributed by atoms with Gasteiger partial charge in [-0.1, -0.05) is 22.0 Å². The minimum atomic E-state index is -0.0800. The Balaban J connectivity index is 1.96. The van der Waals surface area contributed by atoms with Crippen molar-refractivity contribution in [3.8, 4) is 0 Å². The first kappa shape index (κ1) is 13.5. The molecule has 6 heteroatoms. The van der Waals surface area contributed by atoms with Crippen LogP contribution in [0.25, 0.3) is 0 Å². The molecule has 0 atom stereocenters. The number of nitrogens with one attached hydrogen (secondary N) is 1. The van der Waals surface area contributed by atoms with E-state index in [0.717, 1.165) is 20.9 Å². The van der Waals surface area contributed by atoms with Gasteiger partial charge in [0.1, 0.15) is 5.01 Å². The number of rotatable bonds is 4. The Hall–Kier alpha value is -0.910. The molecule has 0 bridgehead atoms. The third-order valence-electron chi connectivity index (χ3n) is 2.16. The Morgan fingerprint density at radius 1 is 1.50 bits per heavy atom. The third kappa shape index (κ3) is 3.80. The summed E-state index contributed by atoms with van der Waals surface area (Å²) in [6.45, 7) is 0. The van der Waals surface area contributed by atoms with Gasteiger partial charge < -0.3 is 5.32 Å². The highest BCUT2D eigenvalue weighted by molar-refractivity contribution is 9.10. The molecule has 1 aromatic carbocycles. The molecule has 2 aromatic rings. The summed E-state index contributed by atoms with van der Waals surface area (Å²) in [6, 6.07) is 7.47. The minimum absolute atomic E-state index is 0.0800. The van der Waals surface area contributed by atoms with Crippen LogP contribution in [-0.4, -0.2) is 10.9 Å². The van der Waals surface area contributed by atoms with Crippen LogP contribution in [0.15, 0.2) is 34.1 Å². The summed E-state index contributed by atoms with van der Waals surface area (Å²) in [6.07, 6.45) is 0.272. The second-order valence-corrected chi connectivity index (χ2v) is 5.73. The number of amides is 1.